The highest BCUT2D eigenvalue weighted by atomic mass is 32.2. The van der Waals surface area contributed by atoms with Crippen molar-refractivity contribution in [3.63, 3.8) is 0 Å². The molecule has 0 saturated carbocycles. The minimum absolute atomic E-state index is 0.187. The Labute approximate surface area is 114 Å². The molecular weight excluding hydrogens is 247 g/mol. The Bertz CT molecular complexity index is 346. The number of halogens is 1. The van der Waals surface area contributed by atoms with Crippen molar-refractivity contribution >= 4 is 11.8 Å². The molecule has 0 aliphatic carbocycles. The van der Waals surface area contributed by atoms with E-state index in [9.17, 15) is 4.39 Å². The number of hydrogen-bond donors (Lipinski definition) is 1. The zero-order chi connectivity index (χ0) is 13.4. The second-order valence-corrected chi connectivity index (χ2v) is 5.97. The van der Waals surface area contributed by atoms with E-state index in [1.54, 1.807) is 12.3 Å². The van der Waals surface area contributed by atoms with E-state index in [0.29, 0.717) is 5.25 Å². The van der Waals surface area contributed by atoms with Crippen LogP contribution >= 0.6 is 11.8 Å². The lowest BCUT2D eigenvalue weighted by Gasteiger charge is -2.20. The third-order valence-electron chi connectivity index (χ3n) is 2.89. The fourth-order valence-electron chi connectivity index (χ4n) is 1.59. The van der Waals surface area contributed by atoms with Gasteiger partial charge in [0, 0.05) is 23.2 Å². The molecule has 2 unspecified atom stereocenters. The molecule has 1 heterocycles. The lowest BCUT2D eigenvalue weighted by Crippen LogP contribution is -2.25. The van der Waals surface area contributed by atoms with Crippen LogP contribution in [-0.4, -0.2) is 22.5 Å². The molecular formula is C14H23FN2S. The van der Waals surface area contributed by atoms with Crippen LogP contribution in [0.5, 0.6) is 0 Å². The van der Waals surface area contributed by atoms with Gasteiger partial charge < -0.3 is 5.32 Å². The summed E-state index contributed by atoms with van der Waals surface area (Å²) in [6.45, 7) is 7.50. The third kappa shape index (κ3) is 5.36. The molecule has 102 valence electrons. The van der Waals surface area contributed by atoms with E-state index in [-0.39, 0.29) is 11.9 Å². The summed E-state index contributed by atoms with van der Waals surface area (Å²) >= 11 is 1.92. The highest BCUT2D eigenvalue weighted by Crippen LogP contribution is 2.22. The first-order chi connectivity index (χ1) is 8.67. The molecule has 0 radical (unpaired) electrons. The first-order valence-corrected chi connectivity index (χ1v) is 7.67. The number of aromatic nitrogens is 1. The van der Waals surface area contributed by atoms with Gasteiger partial charge in [-0.2, -0.15) is 11.8 Å². The van der Waals surface area contributed by atoms with Gasteiger partial charge >= 0.3 is 0 Å². The van der Waals surface area contributed by atoms with Gasteiger partial charge in [-0.15, -0.1) is 0 Å². The smallest absolute Gasteiger partial charge is 0.141 e. The number of pyridine rings is 1. The molecule has 2 nitrogen and oxygen atoms in total. The fraction of sp³-hybridized carbons (Fsp3) is 0.643. The summed E-state index contributed by atoms with van der Waals surface area (Å²) in [6, 6.07) is 1.77. The van der Waals surface area contributed by atoms with Crippen molar-refractivity contribution in [3.8, 4) is 0 Å². The van der Waals surface area contributed by atoms with E-state index in [1.807, 2.05) is 11.8 Å². The Hall–Kier alpha value is -0.610. The van der Waals surface area contributed by atoms with Crippen molar-refractivity contribution in [1.82, 2.24) is 10.3 Å². The van der Waals surface area contributed by atoms with Crippen molar-refractivity contribution in [2.75, 3.05) is 12.3 Å². The van der Waals surface area contributed by atoms with E-state index in [0.717, 1.165) is 30.7 Å². The Kier molecular flexibility index (Phi) is 7.28. The van der Waals surface area contributed by atoms with E-state index >= 15 is 0 Å². The topological polar surface area (TPSA) is 24.9 Å². The van der Waals surface area contributed by atoms with Gasteiger partial charge in [0.05, 0.1) is 6.20 Å². The van der Waals surface area contributed by atoms with E-state index < -0.39 is 0 Å². The Morgan fingerprint density at radius 3 is 2.78 bits per heavy atom. The number of thioether (sulfide) groups is 1. The van der Waals surface area contributed by atoms with Gasteiger partial charge in [0.2, 0.25) is 0 Å². The van der Waals surface area contributed by atoms with Gasteiger partial charge in [-0.1, -0.05) is 20.8 Å². The molecule has 4 heteroatoms. The molecule has 0 fully saturated rings. The predicted molar refractivity (Wildman–Crippen MR) is 77.4 cm³/mol. The second kappa shape index (κ2) is 8.48. The highest BCUT2D eigenvalue weighted by Gasteiger charge is 2.13. The number of hydrogen-bond acceptors (Lipinski definition) is 3. The zero-order valence-electron chi connectivity index (χ0n) is 11.4. The standard InChI is InChI=1S/C14H23FN2S/c1-4-6-17-14(10-18-11(3)5-2)12-7-13(15)9-16-8-12/h7-9,11,14,17H,4-6,10H2,1-3H3. The van der Waals surface area contributed by atoms with E-state index in [4.69, 9.17) is 0 Å². The van der Waals surface area contributed by atoms with Crippen LogP contribution in [0.3, 0.4) is 0 Å². The fourth-order valence-corrected chi connectivity index (χ4v) is 2.66. The van der Waals surface area contributed by atoms with Gasteiger partial charge in [0.15, 0.2) is 0 Å². The van der Waals surface area contributed by atoms with Crippen molar-refractivity contribution < 1.29 is 4.39 Å². The molecule has 0 aromatic carbocycles. The summed E-state index contributed by atoms with van der Waals surface area (Å²) in [5.74, 6) is 0.699. The highest BCUT2D eigenvalue weighted by molar-refractivity contribution is 7.99. The predicted octanol–water partition coefficient (Wildman–Crippen LogP) is 3.79. The molecule has 0 aliphatic rings. The Morgan fingerprint density at radius 1 is 1.39 bits per heavy atom. The third-order valence-corrected chi connectivity index (χ3v) is 4.32. The summed E-state index contributed by atoms with van der Waals surface area (Å²) in [5.41, 5.74) is 0.944. The lowest BCUT2D eigenvalue weighted by molar-refractivity contribution is 0.563. The molecule has 0 amide bonds. The molecule has 0 bridgehead atoms. The number of nitrogens with one attached hydrogen (secondary N) is 1. The maximum atomic E-state index is 13.2. The minimum Gasteiger partial charge on any atom is -0.309 e. The minimum atomic E-state index is -0.260. The van der Waals surface area contributed by atoms with Crippen LogP contribution in [-0.2, 0) is 0 Å². The average Bonchev–Trinajstić information content (AvgIpc) is 2.38. The molecule has 1 N–H and O–H groups in total. The van der Waals surface area contributed by atoms with Gasteiger partial charge in [-0.3, -0.25) is 4.98 Å². The van der Waals surface area contributed by atoms with Gasteiger partial charge in [0.1, 0.15) is 5.82 Å². The van der Waals surface area contributed by atoms with Crippen LogP contribution < -0.4 is 5.32 Å². The normalized spacial score (nSPS) is 14.4. The van der Waals surface area contributed by atoms with Crippen LogP contribution in [0.1, 0.15) is 45.2 Å². The maximum absolute atomic E-state index is 13.2. The molecule has 0 aliphatic heterocycles. The monoisotopic (exact) mass is 270 g/mol. The SMILES string of the molecule is CCCNC(CSC(C)CC)c1cncc(F)c1. The van der Waals surface area contributed by atoms with Crippen molar-refractivity contribution in [1.29, 1.82) is 0 Å². The zero-order valence-corrected chi connectivity index (χ0v) is 12.3. The van der Waals surface area contributed by atoms with E-state index in [2.05, 4.69) is 31.1 Å². The maximum Gasteiger partial charge on any atom is 0.141 e. The molecule has 1 aromatic rings. The van der Waals surface area contributed by atoms with Crippen molar-refractivity contribution in [2.45, 2.75) is 44.9 Å². The van der Waals surface area contributed by atoms with Gasteiger partial charge in [-0.25, -0.2) is 4.39 Å². The first kappa shape index (κ1) is 15.4. The Morgan fingerprint density at radius 2 is 2.17 bits per heavy atom. The molecule has 1 aromatic heterocycles. The summed E-state index contributed by atoms with van der Waals surface area (Å²) in [7, 11) is 0. The second-order valence-electron chi connectivity index (χ2n) is 4.50. The first-order valence-electron chi connectivity index (χ1n) is 6.62. The van der Waals surface area contributed by atoms with E-state index in [1.165, 1.54) is 6.20 Å². The van der Waals surface area contributed by atoms with Crippen LogP contribution in [0.25, 0.3) is 0 Å². The molecule has 0 spiro atoms. The summed E-state index contributed by atoms with van der Waals surface area (Å²) in [5, 5.41) is 4.10. The molecule has 1 rings (SSSR count). The van der Waals surface area contributed by atoms with Crippen LogP contribution in [0.4, 0.5) is 4.39 Å². The number of nitrogens with zero attached hydrogens (tertiary/aromatic N) is 1. The summed E-state index contributed by atoms with van der Waals surface area (Å²) in [4.78, 5) is 3.94. The average molecular weight is 270 g/mol. The largest absolute Gasteiger partial charge is 0.309 e. The summed E-state index contributed by atoms with van der Waals surface area (Å²) < 4.78 is 13.2. The van der Waals surface area contributed by atoms with Crippen LogP contribution in [0.15, 0.2) is 18.5 Å². The van der Waals surface area contributed by atoms with Crippen LogP contribution in [0.2, 0.25) is 0 Å². The summed E-state index contributed by atoms with van der Waals surface area (Å²) in [6.07, 6.45) is 5.25. The molecule has 0 saturated heterocycles. The van der Waals surface area contributed by atoms with Crippen LogP contribution in [0, 0.1) is 5.82 Å². The van der Waals surface area contributed by atoms with Crippen molar-refractivity contribution in [3.05, 3.63) is 29.8 Å². The molecule has 2 atom stereocenters. The number of rotatable bonds is 8. The lowest BCUT2D eigenvalue weighted by atomic mass is 10.1. The molecule has 18 heavy (non-hydrogen) atoms. The van der Waals surface area contributed by atoms with Gasteiger partial charge in [0.25, 0.3) is 0 Å². The van der Waals surface area contributed by atoms with Gasteiger partial charge in [-0.05, 0) is 31.0 Å². The quantitative estimate of drug-likeness (QED) is 0.778. The Balaban J connectivity index is 2.65. The van der Waals surface area contributed by atoms with Crippen molar-refractivity contribution in [2.24, 2.45) is 0 Å².